The van der Waals surface area contributed by atoms with Gasteiger partial charge in [-0.2, -0.15) is 0 Å². The Hall–Kier alpha value is -1.14. The molecule has 2 rings (SSSR count). The van der Waals surface area contributed by atoms with Gasteiger partial charge in [0, 0.05) is 19.1 Å². The Kier molecular flexibility index (Phi) is 4.82. The number of aromatic nitrogens is 1. The van der Waals surface area contributed by atoms with Crippen LogP contribution in [0.2, 0.25) is 0 Å². The molecule has 5 nitrogen and oxygen atoms in total. The number of nitrogens with zero attached hydrogens (tertiary/aromatic N) is 3. The average Bonchev–Trinajstić information content (AvgIpc) is 2.46. The summed E-state index contributed by atoms with van der Waals surface area (Å²) in [5.74, 6) is 0. The van der Waals surface area contributed by atoms with Gasteiger partial charge in [0.25, 0.3) is 0 Å². The van der Waals surface area contributed by atoms with E-state index in [0.29, 0.717) is 6.04 Å². The van der Waals surface area contributed by atoms with Crippen molar-refractivity contribution < 1.29 is 8.42 Å². The number of pyridine rings is 1. The van der Waals surface area contributed by atoms with Crippen LogP contribution in [0.1, 0.15) is 33.6 Å². The molecule has 1 aliphatic rings. The Morgan fingerprint density at radius 3 is 2.45 bits per heavy atom. The van der Waals surface area contributed by atoms with Gasteiger partial charge in [-0.05, 0) is 59.8 Å². The Bertz CT molecular complexity index is 603. The molecule has 1 aromatic rings. The highest BCUT2D eigenvalue weighted by molar-refractivity contribution is 7.92. The number of rotatable bonds is 3. The molecular formula is C16H27N3O2S. The molecule has 0 saturated carbocycles. The maximum atomic E-state index is 12.4. The second-order valence-electron chi connectivity index (χ2n) is 7.18. The molecule has 1 fully saturated rings. The molecule has 0 N–H and O–H groups in total. The average molecular weight is 325 g/mol. The van der Waals surface area contributed by atoms with E-state index in [2.05, 4.69) is 28.9 Å². The number of hydrogen-bond donors (Lipinski definition) is 0. The first-order valence-electron chi connectivity index (χ1n) is 7.75. The Balaban J connectivity index is 2.19. The summed E-state index contributed by atoms with van der Waals surface area (Å²) >= 11 is 0. The van der Waals surface area contributed by atoms with Gasteiger partial charge >= 0.3 is 0 Å². The minimum Gasteiger partial charge on any atom is -0.369 e. The monoisotopic (exact) mass is 325 g/mol. The largest absolute Gasteiger partial charge is 0.369 e. The third-order valence-corrected chi connectivity index (χ3v) is 6.70. The Morgan fingerprint density at radius 1 is 1.27 bits per heavy atom. The summed E-state index contributed by atoms with van der Waals surface area (Å²) in [6, 6.07) is 4.05. The number of hydrogen-bond acceptors (Lipinski definition) is 5. The van der Waals surface area contributed by atoms with Crippen LogP contribution in [0, 0.1) is 0 Å². The van der Waals surface area contributed by atoms with E-state index in [9.17, 15) is 8.42 Å². The molecule has 0 amide bonds. The molecule has 0 aromatic carbocycles. The molecule has 1 aromatic heterocycles. The minimum atomic E-state index is -3.39. The van der Waals surface area contributed by atoms with Crippen LogP contribution >= 0.6 is 0 Å². The standard InChI is InChI=1S/C16H27N3O2S/c1-16(2,3)22(20,21)15-9-8-13(11-17-15)19-10-6-7-14(12-19)18(4)5/h8-9,11,14H,6-7,10,12H2,1-5H3. The van der Waals surface area contributed by atoms with Crippen molar-refractivity contribution in [1.82, 2.24) is 9.88 Å². The number of sulfone groups is 1. The number of likely N-dealkylation sites (N-methyl/N-ethyl adjacent to an activating group) is 1. The van der Waals surface area contributed by atoms with Crippen molar-refractivity contribution in [3.63, 3.8) is 0 Å². The molecule has 0 spiro atoms. The highest BCUT2D eigenvalue weighted by Gasteiger charge is 2.32. The Morgan fingerprint density at radius 2 is 1.95 bits per heavy atom. The van der Waals surface area contributed by atoms with Crippen molar-refractivity contribution in [2.24, 2.45) is 0 Å². The van der Waals surface area contributed by atoms with Crippen LogP contribution in [0.5, 0.6) is 0 Å². The molecule has 1 saturated heterocycles. The predicted octanol–water partition coefficient (Wildman–Crippen LogP) is 2.18. The highest BCUT2D eigenvalue weighted by Crippen LogP contribution is 2.26. The summed E-state index contributed by atoms with van der Waals surface area (Å²) in [5.41, 5.74) is 0.999. The maximum absolute atomic E-state index is 12.4. The summed E-state index contributed by atoms with van der Waals surface area (Å²) in [7, 11) is 0.819. The van der Waals surface area contributed by atoms with Crippen LogP contribution < -0.4 is 4.90 Å². The number of anilines is 1. The topological polar surface area (TPSA) is 53.5 Å². The van der Waals surface area contributed by atoms with E-state index in [1.165, 1.54) is 6.42 Å². The van der Waals surface area contributed by atoms with Gasteiger partial charge in [0.15, 0.2) is 14.9 Å². The molecule has 124 valence electrons. The zero-order valence-corrected chi connectivity index (χ0v) is 15.0. The van der Waals surface area contributed by atoms with Crippen molar-refractivity contribution in [1.29, 1.82) is 0 Å². The molecule has 0 bridgehead atoms. The van der Waals surface area contributed by atoms with E-state index >= 15 is 0 Å². The third kappa shape index (κ3) is 3.43. The highest BCUT2D eigenvalue weighted by atomic mass is 32.2. The lowest BCUT2D eigenvalue weighted by Crippen LogP contribution is -2.45. The van der Waals surface area contributed by atoms with Gasteiger partial charge in [-0.25, -0.2) is 13.4 Å². The Labute approximate surface area is 134 Å². The van der Waals surface area contributed by atoms with Crippen molar-refractivity contribution in [2.75, 3.05) is 32.1 Å². The molecule has 2 heterocycles. The SMILES string of the molecule is CN(C)C1CCCN(c2ccc(S(=O)(=O)C(C)(C)C)nc2)C1. The molecule has 22 heavy (non-hydrogen) atoms. The molecule has 0 aliphatic carbocycles. The molecule has 6 heteroatoms. The van der Waals surface area contributed by atoms with Crippen LogP contribution in [0.25, 0.3) is 0 Å². The van der Waals surface area contributed by atoms with E-state index in [4.69, 9.17) is 0 Å². The van der Waals surface area contributed by atoms with Crippen LogP contribution in [-0.2, 0) is 9.84 Å². The van der Waals surface area contributed by atoms with Crippen LogP contribution in [0.4, 0.5) is 5.69 Å². The van der Waals surface area contributed by atoms with Gasteiger partial charge in [-0.15, -0.1) is 0 Å². The second-order valence-corrected chi connectivity index (χ2v) is 9.83. The first-order valence-corrected chi connectivity index (χ1v) is 9.23. The zero-order chi connectivity index (χ0) is 16.5. The van der Waals surface area contributed by atoms with Gasteiger partial charge in [-0.3, -0.25) is 0 Å². The van der Waals surface area contributed by atoms with Crippen molar-refractivity contribution >= 4 is 15.5 Å². The molecular weight excluding hydrogens is 298 g/mol. The van der Waals surface area contributed by atoms with Gasteiger partial charge in [0.2, 0.25) is 0 Å². The summed E-state index contributed by atoms with van der Waals surface area (Å²) in [6.45, 7) is 7.05. The van der Waals surface area contributed by atoms with Gasteiger partial charge < -0.3 is 9.80 Å². The summed E-state index contributed by atoms with van der Waals surface area (Å²) in [6.07, 6.45) is 4.04. The smallest absolute Gasteiger partial charge is 0.200 e. The van der Waals surface area contributed by atoms with Crippen molar-refractivity contribution in [2.45, 2.75) is 49.4 Å². The first kappa shape index (κ1) is 17.2. The van der Waals surface area contributed by atoms with E-state index < -0.39 is 14.6 Å². The third-order valence-electron chi connectivity index (χ3n) is 4.29. The minimum absolute atomic E-state index is 0.157. The van der Waals surface area contributed by atoms with Gasteiger partial charge in [0.05, 0.1) is 16.6 Å². The van der Waals surface area contributed by atoms with Crippen LogP contribution in [-0.4, -0.2) is 56.3 Å². The normalized spacial score (nSPS) is 20.5. The molecule has 1 aliphatic heterocycles. The fourth-order valence-corrected chi connectivity index (χ4v) is 3.71. The fraction of sp³-hybridized carbons (Fsp3) is 0.688. The van der Waals surface area contributed by atoms with E-state index in [1.807, 2.05) is 6.07 Å². The fourth-order valence-electron chi connectivity index (χ4n) is 2.64. The lowest BCUT2D eigenvalue weighted by molar-refractivity contribution is 0.258. The van der Waals surface area contributed by atoms with Crippen molar-refractivity contribution in [3.8, 4) is 0 Å². The summed E-state index contributed by atoms with van der Waals surface area (Å²) < 4.78 is 24.0. The molecule has 0 radical (unpaired) electrons. The van der Waals surface area contributed by atoms with Crippen LogP contribution in [0.3, 0.4) is 0 Å². The lowest BCUT2D eigenvalue weighted by Gasteiger charge is -2.37. The lowest BCUT2D eigenvalue weighted by atomic mass is 10.0. The van der Waals surface area contributed by atoms with E-state index in [1.54, 1.807) is 33.0 Å². The second kappa shape index (κ2) is 6.16. The summed E-state index contributed by atoms with van der Waals surface area (Å²) in [4.78, 5) is 8.75. The quantitative estimate of drug-likeness (QED) is 0.852. The van der Waals surface area contributed by atoms with E-state index in [0.717, 1.165) is 25.2 Å². The maximum Gasteiger partial charge on any atom is 0.200 e. The zero-order valence-electron chi connectivity index (χ0n) is 14.2. The van der Waals surface area contributed by atoms with Gasteiger partial charge in [0.1, 0.15) is 0 Å². The summed E-state index contributed by atoms with van der Waals surface area (Å²) in [5, 5.41) is 0.157. The van der Waals surface area contributed by atoms with Crippen molar-refractivity contribution in [3.05, 3.63) is 18.3 Å². The van der Waals surface area contributed by atoms with Crippen LogP contribution in [0.15, 0.2) is 23.4 Å². The van der Waals surface area contributed by atoms with E-state index in [-0.39, 0.29) is 5.03 Å². The number of piperidine rings is 1. The first-order chi connectivity index (χ1) is 10.1. The molecule has 1 unspecified atom stereocenters. The molecule has 1 atom stereocenters. The van der Waals surface area contributed by atoms with Gasteiger partial charge in [-0.1, -0.05) is 0 Å². The predicted molar refractivity (Wildman–Crippen MR) is 90.1 cm³/mol.